The van der Waals surface area contributed by atoms with E-state index in [0.717, 1.165) is 0 Å². The fourth-order valence-corrected chi connectivity index (χ4v) is 1.59. The summed E-state index contributed by atoms with van der Waals surface area (Å²) in [7, 11) is -4.06. The predicted molar refractivity (Wildman–Crippen MR) is 60.0 cm³/mol. The van der Waals surface area contributed by atoms with E-state index in [-0.39, 0.29) is 50.4 Å². The molecule has 0 spiro atoms. The number of hydrogen-bond acceptors (Lipinski definition) is 6. The van der Waals surface area contributed by atoms with Crippen molar-refractivity contribution in [2.75, 3.05) is 25.6 Å². The van der Waals surface area contributed by atoms with E-state index in [1.165, 1.54) is 0 Å². The molecule has 9 heteroatoms. The summed E-state index contributed by atoms with van der Waals surface area (Å²) in [6, 6.07) is 0. The summed E-state index contributed by atoms with van der Waals surface area (Å²) in [4.78, 5) is 11.5. The molecule has 3 N–H and O–H groups in total. The zero-order chi connectivity index (χ0) is 13.5. The maximum absolute atomic E-state index is 11.5. The Balaban J connectivity index is -0.00000128. The zero-order valence-electron chi connectivity index (χ0n) is 11.6. The van der Waals surface area contributed by atoms with Crippen molar-refractivity contribution in [2.45, 2.75) is 19.8 Å². The van der Waals surface area contributed by atoms with Crippen LogP contribution in [0.15, 0.2) is 0 Å². The number of rotatable bonds is 8. The van der Waals surface area contributed by atoms with E-state index in [9.17, 15) is 13.2 Å². The average Bonchev–Trinajstić information content (AvgIpc) is 2.26. The van der Waals surface area contributed by atoms with Gasteiger partial charge in [-0.15, -0.1) is 0 Å². The number of esters is 1. The molecular weight excluding hydrogens is 275 g/mol. The summed E-state index contributed by atoms with van der Waals surface area (Å²) in [5.41, 5.74) is -1.35. The number of carbonyl (C=O) groups excluding carboxylic acids is 1. The Morgan fingerprint density at radius 1 is 1.33 bits per heavy atom. The first kappa shape index (κ1) is 20.6. The van der Waals surface area contributed by atoms with Crippen LogP contribution in [-0.4, -0.2) is 54.7 Å². The molecule has 0 amide bonds. The standard InChI is InChI=1S/C9H18O7S.Na.H/c1-2-9(6-10,7-11)8(12)16-4-3-5-17(13,14)15;;/h10-11H,2-7H2,1H3,(H,13,14,15);;/q;+1;-1. The number of aliphatic hydroxyl groups excluding tert-OH is 2. The summed E-state index contributed by atoms with van der Waals surface area (Å²) in [5, 5.41) is 18.1. The molecule has 0 aromatic heterocycles. The van der Waals surface area contributed by atoms with Crippen LogP contribution >= 0.6 is 0 Å². The van der Waals surface area contributed by atoms with Crippen molar-refractivity contribution in [2.24, 2.45) is 5.41 Å². The van der Waals surface area contributed by atoms with Crippen molar-refractivity contribution in [3.63, 3.8) is 0 Å². The minimum Gasteiger partial charge on any atom is -1.00 e. The van der Waals surface area contributed by atoms with Crippen molar-refractivity contribution >= 4 is 16.1 Å². The first-order chi connectivity index (χ1) is 7.81. The molecule has 0 radical (unpaired) electrons. The predicted octanol–water partition coefficient (Wildman–Crippen LogP) is -3.69. The smallest absolute Gasteiger partial charge is 1.00 e. The molecule has 104 valence electrons. The van der Waals surface area contributed by atoms with E-state index in [1.54, 1.807) is 6.92 Å². The van der Waals surface area contributed by atoms with Crippen LogP contribution in [-0.2, 0) is 19.6 Å². The summed E-state index contributed by atoms with van der Waals surface area (Å²) in [6.07, 6.45) is 0.165. The number of carbonyl (C=O) groups is 1. The molecule has 0 aliphatic carbocycles. The van der Waals surface area contributed by atoms with Gasteiger partial charge in [-0.05, 0) is 12.8 Å². The molecule has 0 saturated heterocycles. The Kier molecular flexibility index (Phi) is 10.6. The van der Waals surface area contributed by atoms with Gasteiger partial charge in [-0.2, -0.15) is 8.42 Å². The van der Waals surface area contributed by atoms with Crippen LogP contribution < -0.4 is 29.6 Å². The number of aliphatic hydroxyl groups is 2. The van der Waals surface area contributed by atoms with Gasteiger partial charge in [0.25, 0.3) is 10.1 Å². The molecule has 18 heavy (non-hydrogen) atoms. The van der Waals surface area contributed by atoms with Crippen molar-refractivity contribution in [3.8, 4) is 0 Å². The third-order valence-electron chi connectivity index (χ3n) is 2.49. The van der Waals surface area contributed by atoms with Gasteiger partial charge in [0, 0.05) is 0 Å². The summed E-state index contributed by atoms with van der Waals surface area (Å²) in [6.45, 7) is 0.334. The molecule has 0 heterocycles. The maximum atomic E-state index is 11.5. The van der Waals surface area contributed by atoms with Gasteiger partial charge in [-0.3, -0.25) is 9.35 Å². The first-order valence-corrected chi connectivity index (χ1v) is 6.76. The molecule has 0 aromatic rings. The molecule has 0 aliphatic heterocycles. The summed E-state index contributed by atoms with van der Waals surface area (Å²) < 4.78 is 33.9. The fraction of sp³-hybridized carbons (Fsp3) is 0.889. The van der Waals surface area contributed by atoms with Crippen molar-refractivity contribution in [1.29, 1.82) is 0 Å². The number of hydrogen-bond donors (Lipinski definition) is 3. The quantitative estimate of drug-likeness (QED) is 0.182. The van der Waals surface area contributed by atoms with E-state index >= 15 is 0 Å². The van der Waals surface area contributed by atoms with Crippen LogP contribution in [0.3, 0.4) is 0 Å². The average molecular weight is 294 g/mol. The van der Waals surface area contributed by atoms with Gasteiger partial charge in [-0.25, -0.2) is 0 Å². The van der Waals surface area contributed by atoms with Crippen LogP contribution in [0.25, 0.3) is 0 Å². The zero-order valence-corrected chi connectivity index (χ0v) is 13.4. The molecule has 0 aliphatic rings. The second kappa shape index (κ2) is 9.24. The Morgan fingerprint density at radius 3 is 2.17 bits per heavy atom. The Hall–Kier alpha value is 0.300. The second-order valence-electron chi connectivity index (χ2n) is 3.73. The van der Waals surface area contributed by atoms with Crippen molar-refractivity contribution in [3.05, 3.63) is 0 Å². The molecule has 0 fully saturated rings. The molecule has 0 rings (SSSR count). The van der Waals surface area contributed by atoms with E-state index in [2.05, 4.69) is 0 Å². The number of ether oxygens (including phenoxy) is 1. The Morgan fingerprint density at radius 2 is 1.83 bits per heavy atom. The molecule has 0 aromatic carbocycles. The molecule has 0 atom stereocenters. The van der Waals surface area contributed by atoms with Crippen LogP contribution in [0.2, 0.25) is 0 Å². The minimum absolute atomic E-state index is 0. The van der Waals surface area contributed by atoms with Gasteiger partial charge in [0.1, 0.15) is 5.41 Å². The molecule has 0 unspecified atom stereocenters. The summed E-state index contributed by atoms with van der Waals surface area (Å²) in [5.74, 6) is -1.28. The Labute approximate surface area is 130 Å². The van der Waals surface area contributed by atoms with Gasteiger partial charge in [-0.1, -0.05) is 6.92 Å². The molecule has 0 saturated carbocycles. The molecular formula is C9H19NaO7S. The summed E-state index contributed by atoms with van der Waals surface area (Å²) >= 11 is 0. The van der Waals surface area contributed by atoms with Crippen LogP contribution in [0.1, 0.15) is 21.2 Å². The van der Waals surface area contributed by atoms with Gasteiger partial charge in [0.2, 0.25) is 0 Å². The van der Waals surface area contributed by atoms with E-state index in [4.69, 9.17) is 19.5 Å². The monoisotopic (exact) mass is 294 g/mol. The first-order valence-electron chi connectivity index (χ1n) is 5.15. The van der Waals surface area contributed by atoms with E-state index in [0.29, 0.717) is 0 Å². The van der Waals surface area contributed by atoms with Gasteiger partial charge in [0.05, 0.1) is 25.6 Å². The fourth-order valence-electron chi connectivity index (χ4n) is 1.11. The van der Waals surface area contributed by atoms with Crippen molar-refractivity contribution in [1.82, 2.24) is 0 Å². The van der Waals surface area contributed by atoms with Gasteiger partial charge in [0.15, 0.2) is 0 Å². The third kappa shape index (κ3) is 7.03. The maximum Gasteiger partial charge on any atom is 1.00 e. The third-order valence-corrected chi connectivity index (χ3v) is 3.30. The second-order valence-corrected chi connectivity index (χ2v) is 5.30. The van der Waals surface area contributed by atoms with E-state index in [1.807, 2.05) is 0 Å². The van der Waals surface area contributed by atoms with Crippen molar-refractivity contribution < 1.29 is 63.7 Å². The van der Waals surface area contributed by atoms with Crippen LogP contribution in [0.4, 0.5) is 0 Å². The van der Waals surface area contributed by atoms with Crippen LogP contribution in [0, 0.1) is 5.41 Å². The van der Waals surface area contributed by atoms with Crippen LogP contribution in [0.5, 0.6) is 0 Å². The SMILES string of the molecule is CCC(CO)(CO)C(=O)OCCCS(=O)(=O)O.[H-].[Na+]. The topological polar surface area (TPSA) is 121 Å². The van der Waals surface area contributed by atoms with E-state index < -0.39 is 40.5 Å². The Bertz CT molecular complexity index is 334. The normalized spacial score (nSPS) is 11.8. The largest absolute Gasteiger partial charge is 1.00 e. The molecule has 0 bridgehead atoms. The van der Waals surface area contributed by atoms with Gasteiger partial charge >= 0.3 is 35.5 Å². The van der Waals surface area contributed by atoms with Gasteiger partial charge < -0.3 is 16.4 Å². The molecule has 7 nitrogen and oxygen atoms in total. The minimum atomic E-state index is -4.06.